The molecule has 1 heterocycles. The van der Waals surface area contributed by atoms with E-state index in [4.69, 9.17) is 9.47 Å². The second-order valence-electron chi connectivity index (χ2n) is 9.62. The monoisotopic (exact) mass is 545 g/mol. The van der Waals surface area contributed by atoms with Gasteiger partial charge in [0.25, 0.3) is 5.56 Å². The van der Waals surface area contributed by atoms with Crippen molar-refractivity contribution in [2.45, 2.75) is 57.3 Å². The van der Waals surface area contributed by atoms with Crippen LogP contribution in [0, 0.1) is 0 Å². The highest BCUT2D eigenvalue weighted by molar-refractivity contribution is 5.76. The molecule has 0 saturated carbocycles. The Hall–Kier alpha value is -4.05. The number of ether oxygens (including phenoxy) is 2. The van der Waals surface area contributed by atoms with Crippen LogP contribution in [0.5, 0.6) is 0 Å². The van der Waals surface area contributed by atoms with E-state index in [9.17, 15) is 19.8 Å². The minimum absolute atomic E-state index is 0.0146. The van der Waals surface area contributed by atoms with E-state index in [2.05, 4.69) is 10.3 Å². The molecule has 0 bridgehead atoms. The van der Waals surface area contributed by atoms with Crippen LogP contribution in [0.25, 0.3) is 10.9 Å². The molecule has 0 spiro atoms. The predicted molar refractivity (Wildman–Crippen MR) is 152 cm³/mol. The molecule has 3 atom stereocenters. The number of carbonyl (C=O) groups excluding carboxylic acids is 1. The topological polar surface area (TPSA) is 123 Å². The smallest absolute Gasteiger partial charge is 0.407 e. The molecule has 0 aliphatic carbocycles. The second kappa shape index (κ2) is 14.9. The third-order valence-corrected chi connectivity index (χ3v) is 6.58. The molecule has 0 aliphatic rings. The number of carbonyl (C=O) groups is 1. The molecule has 0 aliphatic heterocycles. The number of benzene rings is 3. The van der Waals surface area contributed by atoms with Gasteiger partial charge in [-0.25, -0.2) is 9.78 Å². The molecule has 4 rings (SSSR count). The fourth-order valence-corrected chi connectivity index (χ4v) is 4.52. The van der Waals surface area contributed by atoms with Gasteiger partial charge < -0.3 is 25.0 Å². The Bertz CT molecular complexity index is 1400. The number of amides is 1. The van der Waals surface area contributed by atoms with Crippen LogP contribution in [0.1, 0.15) is 30.4 Å². The van der Waals surface area contributed by atoms with Gasteiger partial charge in [-0.2, -0.15) is 0 Å². The molecule has 3 N–H and O–H groups in total. The Balaban J connectivity index is 1.49. The number of aliphatic hydroxyl groups is 2. The van der Waals surface area contributed by atoms with Crippen LogP contribution >= 0.6 is 0 Å². The van der Waals surface area contributed by atoms with Crippen molar-refractivity contribution in [2.75, 3.05) is 6.61 Å². The number of hydrogen-bond donors (Lipinski definition) is 3. The van der Waals surface area contributed by atoms with Gasteiger partial charge in [0.2, 0.25) is 0 Å². The summed E-state index contributed by atoms with van der Waals surface area (Å²) in [5, 5.41) is 23.9. The van der Waals surface area contributed by atoms with Gasteiger partial charge in [0, 0.05) is 6.61 Å². The van der Waals surface area contributed by atoms with Gasteiger partial charge in [-0.15, -0.1) is 0 Å². The number of para-hydroxylation sites is 1. The van der Waals surface area contributed by atoms with Crippen molar-refractivity contribution in [1.82, 2.24) is 14.9 Å². The summed E-state index contributed by atoms with van der Waals surface area (Å²) in [6.45, 7) is 0.320. The highest BCUT2D eigenvalue weighted by Gasteiger charge is 2.28. The first kappa shape index (κ1) is 28.9. The molecular formula is C31H35N3O6. The maximum atomic E-state index is 13.0. The van der Waals surface area contributed by atoms with Crippen molar-refractivity contribution in [1.29, 1.82) is 0 Å². The molecule has 0 fully saturated rings. The highest BCUT2D eigenvalue weighted by atomic mass is 16.5. The first-order valence-electron chi connectivity index (χ1n) is 13.4. The Kier molecular flexibility index (Phi) is 10.8. The molecule has 1 amide bonds. The molecular weight excluding hydrogens is 510 g/mol. The number of alkyl carbamates (subject to hydrolysis) is 1. The number of fused-ring (bicyclic) bond motifs is 1. The number of rotatable bonds is 14. The van der Waals surface area contributed by atoms with E-state index in [1.54, 1.807) is 18.2 Å². The Morgan fingerprint density at radius 3 is 2.27 bits per heavy atom. The normalized spacial score (nSPS) is 13.4. The molecule has 4 aromatic rings. The predicted octanol–water partition coefficient (Wildman–Crippen LogP) is 3.80. The van der Waals surface area contributed by atoms with Gasteiger partial charge in [0.05, 0.1) is 48.6 Å². The lowest BCUT2D eigenvalue weighted by Gasteiger charge is -2.30. The van der Waals surface area contributed by atoms with Crippen molar-refractivity contribution in [3.63, 3.8) is 0 Å². The fourth-order valence-electron chi connectivity index (χ4n) is 4.52. The van der Waals surface area contributed by atoms with Crippen molar-refractivity contribution in [2.24, 2.45) is 0 Å². The fraction of sp³-hybridized carbons (Fsp3) is 0.323. The average Bonchev–Trinajstić information content (AvgIpc) is 2.98. The zero-order chi connectivity index (χ0) is 28.2. The summed E-state index contributed by atoms with van der Waals surface area (Å²) < 4.78 is 13.0. The first-order chi connectivity index (χ1) is 19.5. The van der Waals surface area contributed by atoms with Crippen molar-refractivity contribution < 1.29 is 24.5 Å². The van der Waals surface area contributed by atoms with E-state index >= 15 is 0 Å². The summed E-state index contributed by atoms with van der Waals surface area (Å²) in [6, 6.07) is 25.3. The van der Waals surface area contributed by atoms with Gasteiger partial charge in [0.15, 0.2) is 0 Å². The van der Waals surface area contributed by atoms with Crippen molar-refractivity contribution in [3.05, 3.63) is 113 Å². The van der Waals surface area contributed by atoms with Gasteiger partial charge in [-0.3, -0.25) is 9.36 Å². The Morgan fingerprint density at radius 2 is 1.57 bits per heavy atom. The van der Waals surface area contributed by atoms with Crippen LogP contribution in [0.3, 0.4) is 0 Å². The molecule has 0 saturated heterocycles. The Morgan fingerprint density at radius 1 is 0.925 bits per heavy atom. The Labute approximate surface area is 233 Å². The number of hydrogen-bond acceptors (Lipinski definition) is 7. The minimum Gasteiger partial charge on any atom is -0.445 e. The van der Waals surface area contributed by atoms with Crippen LogP contribution < -0.4 is 10.9 Å². The van der Waals surface area contributed by atoms with E-state index in [0.29, 0.717) is 30.4 Å². The van der Waals surface area contributed by atoms with Gasteiger partial charge in [-0.1, -0.05) is 72.8 Å². The van der Waals surface area contributed by atoms with E-state index in [0.717, 1.165) is 11.1 Å². The molecule has 9 heteroatoms. The molecule has 9 nitrogen and oxygen atoms in total. The maximum Gasteiger partial charge on any atom is 0.407 e. The molecule has 1 aromatic heterocycles. The molecule has 40 heavy (non-hydrogen) atoms. The summed E-state index contributed by atoms with van der Waals surface area (Å²) in [5.74, 6) is 0. The first-order valence-corrected chi connectivity index (χ1v) is 13.4. The van der Waals surface area contributed by atoms with Gasteiger partial charge >= 0.3 is 6.09 Å². The summed E-state index contributed by atoms with van der Waals surface area (Å²) in [4.78, 5) is 30.1. The van der Waals surface area contributed by atoms with Crippen LogP contribution in [0.4, 0.5) is 4.79 Å². The third kappa shape index (κ3) is 8.47. The van der Waals surface area contributed by atoms with Gasteiger partial charge in [0.1, 0.15) is 6.61 Å². The summed E-state index contributed by atoms with van der Waals surface area (Å²) >= 11 is 0. The molecule has 1 unspecified atom stereocenters. The van der Waals surface area contributed by atoms with E-state index in [1.165, 1.54) is 10.9 Å². The second-order valence-corrected chi connectivity index (χ2v) is 9.62. The van der Waals surface area contributed by atoms with E-state index < -0.39 is 24.3 Å². The number of aromatic nitrogens is 2. The standard InChI is InChI=1S/C31H35N3O6/c35-17-9-16-29(39-20-23-10-3-1-4-11-23)28(33-31(38)40-21-24-12-5-2-6-13-24)18-25(36)19-34-22-32-27-15-8-7-14-26(27)30(34)37/h1-8,10-15,22,25,28-29,35-36H,9,16-21H2,(H,33,38)/t25?,28-,29-/m0/s1. The van der Waals surface area contributed by atoms with E-state index in [1.807, 2.05) is 66.7 Å². The number of nitrogens with zero attached hydrogens (tertiary/aromatic N) is 2. The highest BCUT2D eigenvalue weighted by Crippen LogP contribution is 2.17. The quantitative estimate of drug-likeness (QED) is 0.220. The summed E-state index contributed by atoms with van der Waals surface area (Å²) in [5.41, 5.74) is 2.12. The van der Waals surface area contributed by atoms with Crippen LogP contribution in [-0.4, -0.2) is 50.7 Å². The number of aliphatic hydroxyl groups excluding tert-OH is 2. The zero-order valence-electron chi connectivity index (χ0n) is 22.3. The SMILES string of the molecule is O=C(N[C@@H](CC(O)Cn1cnc2ccccc2c1=O)[C@H](CCCO)OCc1ccccc1)OCc1ccccc1. The maximum absolute atomic E-state index is 13.0. The summed E-state index contributed by atoms with van der Waals surface area (Å²) in [7, 11) is 0. The third-order valence-electron chi connectivity index (χ3n) is 6.58. The lowest BCUT2D eigenvalue weighted by atomic mass is 9.99. The van der Waals surface area contributed by atoms with Crippen LogP contribution in [0.15, 0.2) is 96.1 Å². The average molecular weight is 546 g/mol. The molecule has 0 radical (unpaired) electrons. The van der Waals surface area contributed by atoms with Gasteiger partial charge in [-0.05, 0) is 42.5 Å². The van der Waals surface area contributed by atoms with Crippen molar-refractivity contribution in [3.8, 4) is 0 Å². The van der Waals surface area contributed by atoms with Crippen LogP contribution in [0.2, 0.25) is 0 Å². The largest absolute Gasteiger partial charge is 0.445 e. The van der Waals surface area contributed by atoms with E-state index in [-0.39, 0.29) is 31.7 Å². The lowest BCUT2D eigenvalue weighted by Crippen LogP contribution is -2.47. The van der Waals surface area contributed by atoms with Crippen LogP contribution in [-0.2, 0) is 29.2 Å². The minimum atomic E-state index is -1.00. The summed E-state index contributed by atoms with van der Waals surface area (Å²) in [6.07, 6.45) is 0.208. The zero-order valence-corrected chi connectivity index (χ0v) is 22.3. The lowest BCUT2D eigenvalue weighted by molar-refractivity contribution is -0.00920. The number of nitrogens with one attached hydrogen (secondary N) is 1. The molecule has 210 valence electrons. The van der Waals surface area contributed by atoms with Crippen molar-refractivity contribution >= 4 is 17.0 Å². The molecule has 3 aromatic carbocycles.